The molecule has 0 amide bonds. The van der Waals surface area contributed by atoms with Gasteiger partial charge in [0.2, 0.25) is 0 Å². The van der Waals surface area contributed by atoms with Crippen molar-refractivity contribution in [2.24, 2.45) is 0 Å². The fourth-order valence-corrected chi connectivity index (χ4v) is 2.62. The molecule has 1 atom stereocenters. The molecule has 0 aliphatic carbocycles. The van der Waals surface area contributed by atoms with Gasteiger partial charge in [-0.25, -0.2) is 0 Å². The highest BCUT2D eigenvalue weighted by Gasteiger charge is 2.12. The summed E-state index contributed by atoms with van der Waals surface area (Å²) in [6.45, 7) is 5.38. The Hall–Kier alpha value is -1.22. The molecule has 1 rings (SSSR count). The fraction of sp³-hybridized carbons (Fsp3) is 0.667. The molecule has 0 radical (unpaired) electrons. The van der Waals surface area contributed by atoms with E-state index in [1.54, 1.807) is 14.2 Å². The van der Waals surface area contributed by atoms with Crippen molar-refractivity contribution in [2.75, 3.05) is 20.8 Å². The van der Waals surface area contributed by atoms with Crippen LogP contribution < -0.4 is 14.8 Å². The largest absolute Gasteiger partial charge is 0.497 e. The Morgan fingerprint density at radius 2 is 1.52 bits per heavy atom. The molecule has 21 heavy (non-hydrogen) atoms. The molecule has 120 valence electrons. The highest BCUT2D eigenvalue weighted by Crippen LogP contribution is 2.29. The van der Waals surface area contributed by atoms with E-state index in [0.29, 0.717) is 6.04 Å². The van der Waals surface area contributed by atoms with Gasteiger partial charge >= 0.3 is 0 Å². The van der Waals surface area contributed by atoms with Gasteiger partial charge in [0.15, 0.2) is 0 Å². The van der Waals surface area contributed by atoms with Crippen molar-refractivity contribution in [2.45, 2.75) is 58.4 Å². The van der Waals surface area contributed by atoms with E-state index >= 15 is 0 Å². The predicted molar refractivity (Wildman–Crippen MR) is 89.3 cm³/mol. The summed E-state index contributed by atoms with van der Waals surface area (Å²) in [5.41, 5.74) is 1.25. The van der Waals surface area contributed by atoms with E-state index in [0.717, 1.165) is 24.5 Å². The summed E-state index contributed by atoms with van der Waals surface area (Å²) >= 11 is 0. The van der Waals surface area contributed by atoms with Crippen molar-refractivity contribution in [1.82, 2.24) is 5.32 Å². The molecule has 0 aliphatic heterocycles. The van der Waals surface area contributed by atoms with Crippen LogP contribution in [-0.2, 0) is 0 Å². The second-order valence-electron chi connectivity index (χ2n) is 5.46. The number of hydrogen-bond donors (Lipinski definition) is 1. The van der Waals surface area contributed by atoms with E-state index in [1.807, 2.05) is 6.07 Å². The first-order valence-electron chi connectivity index (χ1n) is 8.21. The van der Waals surface area contributed by atoms with Gasteiger partial charge in [-0.05, 0) is 30.7 Å². The molecular formula is C18H31NO2. The second-order valence-corrected chi connectivity index (χ2v) is 5.46. The smallest absolute Gasteiger partial charge is 0.122 e. The summed E-state index contributed by atoms with van der Waals surface area (Å²) in [7, 11) is 3.40. The molecule has 0 saturated carbocycles. The molecule has 3 nitrogen and oxygen atoms in total. The van der Waals surface area contributed by atoms with Crippen LogP contribution in [0, 0.1) is 0 Å². The Labute approximate surface area is 130 Å². The SMILES string of the molecule is CCCCCCCC(NCC)c1cc(OC)cc(OC)c1. The standard InChI is InChI=1S/C18H31NO2/c1-5-7-8-9-10-11-18(19-6-2)15-12-16(20-3)14-17(13-15)21-4/h12-14,18-19H,5-11H2,1-4H3. The van der Waals surface area contributed by atoms with Crippen molar-refractivity contribution < 1.29 is 9.47 Å². The third kappa shape index (κ3) is 6.38. The van der Waals surface area contributed by atoms with Crippen molar-refractivity contribution in [1.29, 1.82) is 0 Å². The van der Waals surface area contributed by atoms with Crippen LogP contribution in [0.25, 0.3) is 0 Å². The van der Waals surface area contributed by atoms with Gasteiger partial charge in [-0.2, -0.15) is 0 Å². The first-order valence-corrected chi connectivity index (χ1v) is 8.21. The number of methoxy groups -OCH3 is 2. The zero-order chi connectivity index (χ0) is 15.5. The molecule has 0 heterocycles. The zero-order valence-corrected chi connectivity index (χ0v) is 14.1. The van der Waals surface area contributed by atoms with E-state index in [9.17, 15) is 0 Å². The monoisotopic (exact) mass is 293 g/mol. The van der Waals surface area contributed by atoms with Crippen molar-refractivity contribution >= 4 is 0 Å². The van der Waals surface area contributed by atoms with E-state index in [-0.39, 0.29) is 0 Å². The van der Waals surface area contributed by atoms with Crippen LogP contribution in [0.15, 0.2) is 18.2 Å². The van der Waals surface area contributed by atoms with Crippen molar-refractivity contribution in [3.8, 4) is 11.5 Å². The number of nitrogens with one attached hydrogen (secondary N) is 1. The summed E-state index contributed by atoms with van der Waals surface area (Å²) in [6.07, 6.45) is 7.72. The summed E-state index contributed by atoms with van der Waals surface area (Å²) in [4.78, 5) is 0. The normalized spacial score (nSPS) is 12.2. The third-order valence-electron chi connectivity index (χ3n) is 3.82. The molecule has 0 saturated heterocycles. The lowest BCUT2D eigenvalue weighted by molar-refractivity contribution is 0.390. The minimum absolute atomic E-state index is 0.376. The van der Waals surface area contributed by atoms with E-state index in [4.69, 9.17) is 9.47 Å². The fourth-order valence-electron chi connectivity index (χ4n) is 2.62. The minimum Gasteiger partial charge on any atom is -0.497 e. The lowest BCUT2D eigenvalue weighted by atomic mass is 9.99. The molecule has 0 fully saturated rings. The Kier molecular flexibility index (Phi) is 8.91. The van der Waals surface area contributed by atoms with Gasteiger partial charge in [0.1, 0.15) is 11.5 Å². The molecular weight excluding hydrogens is 262 g/mol. The van der Waals surface area contributed by atoms with Crippen molar-refractivity contribution in [3.63, 3.8) is 0 Å². The topological polar surface area (TPSA) is 30.5 Å². The Morgan fingerprint density at radius 3 is 2.05 bits per heavy atom. The molecule has 0 spiro atoms. The Balaban J connectivity index is 2.69. The van der Waals surface area contributed by atoms with Gasteiger partial charge < -0.3 is 14.8 Å². The van der Waals surface area contributed by atoms with Gasteiger partial charge in [-0.15, -0.1) is 0 Å². The maximum Gasteiger partial charge on any atom is 0.122 e. The van der Waals surface area contributed by atoms with Gasteiger partial charge in [-0.3, -0.25) is 0 Å². The number of rotatable bonds is 11. The van der Waals surface area contributed by atoms with Gasteiger partial charge in [0.05, 0.1) is 14.2 Å². The lowest BCUT2D eigenvalue weighted by Gasteiger charge is -2.20. The van der Waals surface area contributed by atoms with Crippen molar-refractivity contribution in [3.05, 3.63) is 23.8 Å². The summed E-state index contributed by atoms with van der Waals surface area (Å²) in [5, 5.41) is 3.58. The molecule has 3 heteroatoms. The number of unbranched alkanes of at least 4 members (excludes halogenated alkanes) is 4. The zero-order valence-electron chi connectivity index (χ0n) is 14.1. The minimum atomic E-state index is 0.376. The highest BCUT2D eigenvalue weighted by molar-refractivity contribution is 5.39. The molecule has 0 bridgehead atoms. The molecule has 1 aromatic carbocycles. The average Bonchev–Trinajstić information content (AvgIpc) is 2.53. The Bertz CT molecular complexity index is 371. The van der Waals surface area contributed by atoms with Crippen LogP contribution in [0.3, 0.4) is 0 Å². The van der Waals surface area contributed by atoms with Crippen LogP contribution in [0.4, 0.5) is 0 Å². The molecule has 1 unspecified atom stereocenters. The third-order valence-corrected chi connectivity index (χ3v) is 3.82. The first-order chi connectivity index (χ1) is 10.2. The van der Waals surface area contributed by atoms with E-state index < -0.39 is 0 Å². The van der Waals surface area contributed by atoms with E-state index in [1.165, 1.54) is 37.7 Å². The Morgan fingerprint density at radius 1 is 0.905 bits per heavy atom. The van der Waals surface area contributed by atoms with Gasteiger partial charge in [0, 0.05) is 12.1 Å². The average molecular weight is 293 g/mol. The molecule has 0 aromatic heterocycles. The summed E-state index contributed by atoms with van der Waals surface area (Å²) in [5.74, 6) is 1.72. The quantitative estimate of drug-likeness (QED) is 0.599. The number of benzene rings is 1. The summed E-state index contributed by atoms with van der Waals surface area (Å²) in [6, 6.07) is 6.53. The maximum atomic E-state index is 5.38. The number of ether oxygens (including phenoxy) is 2. The maximum absolute atomic E-state index is 5.38. The van der Waals surface area contributed by atoms with Crippen LogP contribution in [0.2, 0.25) is 0 Å². The van der Waals surface area contributed by atoms with Gasteiger partial charge in [-0.1, -0.05) is 46.0 Å². The second kappa shape index (κ2) is 10.5. The lowest BCUT2D eigenvalue weighted by Crippen LogP contribution is -2.21. The molecule has 1 aromatic rings. The molecule has 0 aliphatic rings. The van der Waals surface area contributed by atoms with Crippen LogP contribution in [-0.4, -0.2) is 20.8 Å². The first kappa shape index (κ1) is 17.8. The van der Waals surface area contributed by atoms with Crippen LogP contribution in [0.1, 0.15) is 64.0 Å². The predicted octanol–water partition coefficient (Wildman–Crippen LogP) is 4.71. The summed E-state index contributed by atoms with van der Waals surface area (Å²) < 4.78 is 10.8. The number of hydrogen-bond acceptors (Lipinski definition) is 3. The molecule has 1 N–H and O–H groups in total. The van der Waals surface area contributed by atoms with Crippen LogP contribution >= 0.6 is 0 Å². The highest BCUT2D eigenvalue weighted by atomic mass is 16.5. The van der Waals surface area contributed by atoms with Gasteiger partial charge in [0.25, 0.3) is 0 Å². The van der Waals surface area contributed by atoms with E-state index in [2.05, 4.69) is 31.3 Å². The van der Waals surface area contributed by atoms with Crippen LogP contribution in [0.5, 0.6) is 11.5 Å².